The average molecular weight is 411 g/mol. The van der Waals surface area contributed by atoms with Crippen molar-refractivity contribution in [3.05, 3.63) is 35.9 Å². The number of nitrogens with zero attached hydrogens (tertiary/aromatic N) is 2. The summed E-state index contributed by atoms with van der Waals surface area (Å²) in [6, 6.07) is 10.3. The highest BCUT2D eigenvalue weighted by atomic mass is 32.2. The van der Waals surface area contributed by atoms with Crippen molar-refractivity contribution >= 4 is 16.0 Å². The number of hydrogen-bond acceptors (Lipinski definition) is 4. The number of guanidine groups is 1. The highest BCUT2D eigenvalue weighted by molar-refractivity contribution is 7.89. The van der Waals surface area contributed by atoms with Gasteiger partial charge in [-0.3, -0.25) is 4.99 Å². The molecule has 2 rings (SSSR count). The van der Waals surface area contributed by atoms with E-state index in [4.69, 9.17) is 4.74 Å². The molecule has 0 aliphatic carbocycles. The second-order valence-electron chi connectivity index (χ2n) is 7.17. The van der Waals surface area contributed by atoms with E-state index in [9.17, 15) is 8.42 Å². The summed E-state index contributed by atoms with van der Waals surface area (Å²) < 4.78 is 32.4. The van der Waals surface area contributed by atoms with Crippen molar-refractivity contribution in [2.24, 2.45) is 4.99 Å². The van der Waals surface area contributed by atoms with Crippen LogP contribution < -0.4 is 10.6 Å². The second-order valence-corrected chi connectivity index (χ2v) is 9.26. The number of morpholine rings is 1. The van der Waals surface area contributed by atoms with E-state index in [0.717, 1.165) is 19.4 Å². The fourth-order valence-electron chi connectivity index (χ4n) is 3.25. The van der Waals surface area contributed by atoms with Gasteiger partial charge in [0, 0.05) is 32.7 Å². The van der Waals surface area contributed by atoms with Gasteiger partial charge in [-0.25, -0.2) is 8.42 Å². The van der Waals surface area contributed by atoms with Gasteiger partial charge in [0.05, 0.1) is 18.0 Å². The minimum absolute atomic E-state index is 0.0425. The molecule has 1 aliphatic heterocycles. The standard InChI is InChI=1S/C20H34N4O3S/c1-4-21-20(22-12-8-11-19-9-6-5-7-10-19)23-13-14-28(25,26)24-15-17(2)27-18(3)16-24/h5-7,9-10,17-18H,4,8,11-16H2,1-3H3,(H2,21,22,23). The van der Waals surface area contributed by atoms with Gasteiger partial charge in [-0.2, -0.15) is 4.31 Å². The van der Waals surface area contributed by atoms with Crippen molar-refractivity contribution in [1.29, 1.82) is 0 Å². The van der Waals surface area contributed by atoms with E-state index in [1.807, 2.05) is 39.0 Å². The number of benzene rings is 1. The largest absolute Gasteiger partial charge is 0.373 e. The number of sulfonamides is 1. The van der Waals surface area contributed by atoms with Crippen LogP contribution >= 0.6 is 0 Å². The first kappa shape index (κ1) is 22.6. The van der Waals surface area contributed by atoms with Crippen LogP contribution in [-0.2, 0) is 21.2 Å². The zero-order valence-electron chi connectivity index (χ0n) is 17.2. The molecule has 158 valence electrons. The summed E-state index contributed by atoms with van der Waals surface area (Å²) >= 11 is 0. The average Bonchev–Trinajstić information content (AvgIpc) is 2.65. The molecule has 0 spiro atoms. The van der Waals surface area contributed by atoms with Crippen molar-refractivity contribution in [2.45, 2.75) is 45.8 Å². The zero-order valence-corrected chi connectivity index (χ0v) is 18.0. The summed E-state index contributed by atoms with van der Waals surface area (Å²) in [5.74, 6) is 0.704. The lowest BCUT2D eigenvalue weighted by Crippen LogP contribution is -2.50. The van der Waals surface area contributed by atoms with Crippen LogP contribution in [0.4, 0.5) is 0 Å². The van der Waals surface area contributed by atoms with E-state index >= 15 is 0 Å². The molecule has 1 aliphatic rings. The molecule has 1 fully saturated rings. The van der Waals surface area contributed by atoms with Crippen molar-refractivity contribution in [1.82, 2.24) is 14.9 Å². The maximum Gasteiger partial charge on any atom is 0.216 e. The molecule has 0 aromatic heterocycles. The molecule has 2 atom stereocenters. The lowest BCUT2D eigenvalue weighted by atomic mass is 10.1. The van der Waals surface area contributed by atoms with Gasteiger partial charge in [-0.15, -0.1) is 0 Å². The number of aryl methyl sites for hydroxylation is 1. The fraction of sp³-hybridized carbons (Fsp3) is 0.650. The molecule has 0 radical (unpaired) electrons. The molecule has 1 saturated heterocycles. The van der Waals surface area contributed by atoms with E-state index in [1.54, 1.807) is 0 Å². The number of hydrogen-bond donors (Lipinski definition) is 2. The summed E-state index contributed by atoms with van der Waals surface area (Å²) in [6.45, 7) is 8.39. The normalized spacial score (nSPS) is 21.5. The summed E-state index contributed by atoms with van der Waals surface area (Å²) in [5.41, 5.74) is 1.30. The molecule has 0 bridgehead atoms. The zero-order chi connectivity index (χ0) is 20.4. The molecule has 2 N–H and O–H groups in total. The highest BCUT2D eigenvalue weighted by Crippen LogP contribution is 2.14. The van der Waals surface area contributed by atoms with Gasteiger partial charge in [0.2, 0.25) is 10.0 Å². The molecule has 0 amide bonds. The fourth-order valence-corrected chi connectivity index (χ4v) is 4.74. The van der Waals surface area contributed by atoms with Crippen LogP contribution in [-0.4, -0.2) is 69.4 Å². The van der Waals surface area contributed by atoms with Crippen molar-refractivity contribution in [2.75, 3.05) is 38.5 Å². The summed E-state index contributed by atoms with van der Waals surface area (Å²) in [4.78, 5) is 4.55. The molecule has 8 heteroatoms. The van der Waals surface area contributed by atoms with Gasteiger partial charge >= 0.3 is 0 Å². The molecule has 7 nitrogen and oxygen atoms in total. The lowest BCUT2D eigenvalue weighted by Gasteiger charge is -2.34. The third-order valence-electron chi connectivity index (χ3n) is 4.51. The Morgan fingerprint density at radius 3 is 2.50 bits per heavy atom. The third-order valence-corrected chi connectivity index (χ3v) is 6.32. The molecule has 2 unspecified atom stereocenters. The van der Waals surface area contributed by atoms with Gasteiger partial charge in [-0.05, 0) is 39.2 Å². The van der Waals surface area contributed by atoms with Gasteiger partial charge in [0.1, 0.15) is 0 Å². The molecular formula is C20H34N4O3S. The van der Waals surface area contributed by atoms with Crippen LogP contribution in [0.2, 0.25) is 0 Å². The third kappa shape index (κ3) is 7.77. The summed E-state index contributed by atoms with van der Waals surface area (Å²) in [6.07, 6.45) is 1.78. The summed E-state index contributed by atoms with van der Waals surface area (Å²) in [5, 5.41) is 6.31. The smallest absolute Gasteiger partial charge is 0.216 e. The minimum atomic E-state index is -3.31. The Labute approximate surface area is 169 Å². The quantitative estimate of drug-likeness (QED) is 0.367. The number of ether oxygens (including phenoxy) is 1. The SMILES string of the molecule is CCNC(=NCCCc1ccccc1)NCCS(=O)(=O)N1CC(C)OC(C)C1. The Hall–Kier alpha value is -1.64. The first-order chi connectivity index (χ1) is 13.4. The Morgan fingerprint density at radius 1 is 1.18 bits per heavy atom. The molecule has 28 heavy (non-hydrogen) atoms. The molecule has 1 aromatic carbocycles. The van der Waals surface area contributed by atoms with Crippen LogP contribution in [0.15, 0.2) is 35.3 Å². The second kappa shape index (κ2) is 11.4. The Morgan fingerprint density at radius 2 is 1.86 bits per heavy atom. The molecular weight excluding hydrogens is 376 g/mol. The van der Waals surface area contributed by atoms with E-state index in [1.165, 1.54) is 9.87 Å². The van der Waals surface area contributed by atoms with Crippen molar-refractivity contribution in [3.8, 4) is 0 Å². The van der Waals surface area contributed by atoms with E-state index in [-0.39, 0.29) is 18.0 Å². The number of nitrogens with one attached hydrogen (secondary N) is 2. The first-order valence-corrected chi connectivity index (χ1v) is 11.7. The minimum Gasteiger partial charge on any atom is -0.373 e. The van der Waals surface area contributed by atoms with Crippen LogP contribution in [0.25, 0.3) is 0 Å². The Kier molecular flexibility index (Phi) is 9.21. The molecule has 0 saturated carbocycles. The Bertz CT molecular complexity index is 699. The van der Waals surface area contributed by atoms with Crippen LogP contribution in [0.1, 0.15) is 32.8 Å². The highest BCUT2D eigenvalue weighted by Gasteiger charge is 2.30. The predicted octanol–water partition coefficient (Wildman–Crippen LogP) is 1.61. The van der Waals surface area contributed by atoms with Crippen LogP contribution in [0.5, 0.6) is 0 Å². The van der Waals surface area contributed by atoms with Crippen LogP contribution in [0.3, 0.4) is 0 Å². The van der Waals surface area contributed by atoms with Gasteiger partial charge < -0.3 is 15.4 Å². The first-order valence-electron chi connectivity index (χ1n) is 10.1. The van der Waals surface area contributed by atoms with E-state index in [2.05, 4.69) is 27.8 Å². The van der Waals surface area contributed by atoms with Gasteiger partial charge in [0.25, 0.3) is 0 Å². The van der Waals surface area contributed by atoms with E-state index in [0.29, 0.717) is 32.1 Å². The predicted molar refractivity (Wildman–Crippen MR) is 114 cm³/mol. The van der Waals surface area contributed by atoms with Crippen molar-refractivity contribution in [3.63, 3.8) is 0 Å². The summed E-state index contributed by atoms with van der Waals surface area (Å²) in [7, 11) is -3.31. The number of aliphatic imine (C=N–C) groups is 1. The van der Waals surface area contributed by atoms with E-state index < -0.39 is 10.0 Å². The van der Waals surface area contributed by atoms with Gasteiger partial charge in [-0.1, -0.05) is 30.3 Å². The van der Waals surface area contributed by atoms with Gasteiger partial charge in [0.15, 0.2) is 5.96 Å². The maximum absolute atomic E-state index is 12.6. The number of rotatable bonds is 9. The lowest BCUT2D eigenvalue weighted by molar-refractivity contribution is -0.0440. The molecule has 1 aromatic rings. The van der Waals surface area contributed by atoms with Crippen molar-refractivity contribution < 1.29 is 13.2 Å². The maximum atomic E-state index is 12.6. The monoisotopic (exact) mass is 410 g/mol. The Balaban J connectivity index is 1.78. The topological polar surface area (TPSA) is 83.0 Å². The molecule has 1 heterocycles. The van der Waals surface area contributed by atoms with Crippen LogP contribution in [0, 0.1) is 0 Å².